The van der Waals surface area contributed by atoms with Gasteiger partial charge in [0.05, 0.1) is 6.61 Å². The monoisotopic (exact) mass is 167 g/mol. The number of carbonyl (C=O) groups is 1. The molecule has 0 aliphatic heterocycles. The number of hydrogen-bond acceptors (Lipinski definition) is 4. The first-order chi connectivity index (χ1) is 5.65. The molecular formula is C8H9NO3. The van der Waals surface area contributed by atoms with E-state index in [-0.39, 0.29) is 23.8 Å². The molecule has 4 nitrogen and oxygen atoms in total. The normalized spacial score (nSPS) is 9.83. The zero-order valence-electron chi connectivity index (χ0n) is 6.61. The minimum Gasteiger partial charge on any atom is -0.506 e. The van der Waals surface area contributed by atoms with Crippen LogP contribution in [-0.4, -0.2) is 21.0 Å². The summed E-state index contributed by atoms with van der Waals surface area (Å²) in [4.78, 5) is 14.5. The van der Waals surface area contributed by atoms with Gasteiger partial charge in [0.1, 0.15) is 11.4 Å². The van der Waals surface area contributed by atoms with Crippen LogP contribution in [0.4, 0.5) is 0 Å². The number of ketones is 1. The van der Waals surface area contributed by atoms with Crippen molar-refractivity contribution in [2.45, 2.75) is 13.5 Å². The van der Waals surface area contributed by atoms with Gasteiger partial charge in [-0.2, -0.15) is 0 Å². The third-order valence-electron chi connectivity index (χ3n) is 1.50. The number of nitrogens with zero attached hydrogens (tertiary/aromatic N) is 1. The summed E-state index contributed by atoms with van der Waals surface area (Å²) in [5, 5.41) is 17.8. The van der Waals surface area contributed by atoms with E-state index in [0.29, 0.717) is 5.56 Å². The molecule has 0 saturated heterocycles. The van der Waals surface area contributed by atoms with Crippen LogP contribution < -0.4 is 0 Å². The zero-order chi connectivity index (χ0) is 9.14. The van der Waals surface area contributed by atoms with E-state index in [2.05, 4.69) is 4.98 Å². The van der Waals surface area contributed by atoms with E-state index in [1.807, 2.05) is 0 Å². The second-order valence-corrected chi connectivity index (χ2v) is 2.40. The van der Waals surface area contributed by atoms with Crippen LogP contribution in [0, 0.1) is 0 Å². The van der Waals surface area contributed by atoms with E-state index in [1.54, 1.807) is 0 Å². The van der Waals surface area contributed by atoms with E-state index in [1.165, 1.54) is 19.2 Å². The number of aliphatic hydroxyl groups is 1. The van der Waals surface area contributed by atoms with Gasteiger partial charge in [0, 0.05) is 11.8 Å². The minimum atomic E-state index is -0.329. The van der Waals surface area contributed by atoms with Crippen molar-refractivity contribution in [3.05, 3.63) is 23.5 Å². The molecule has 1 aromatic rings. The van der Waals surface area contributed by atoms with E-state index in [0.717, 1.165) is 0 Å². The summed E-state index contributed by atoms with van der Waals surface area (Å²) in [5.74, 6) is -0.313. The predicted molar refractivity (Wildman–Crippen MR) is 41.8 cm³/mol. The number of aromatic nitrogens is 1. The first-order valence-electron chi connectivity index (χ1n) is 3.45. The van der Waals surface area contributed by atoms with Crippen LogP contribution in [0.2, 0.25) is 0 Å². The molecule has 0 aliphatic carbocycles. The Hall–Kier alpha value is -1.42. The Morgan fingerprint density at radius 2 is 2.33 bits per heavy atom. The molecule has 0 amide bonds. The van der Waals surface area contributed by atoms with Crippen molar-refractivity contribution in [1.82, 2.24) is 4.98 Å². The minimum absolute atomic E-state index is 0.148. The molecule has 0 aliphatic rings. The molecule has 1 aromatic heterocycles. The Morgan fingerprint density at radius 3 is 2.75 bits per heavy atom. The lowest BCUT2D eigenvalue weighted by atomic mass is 10.2. The van der Waals surface area contributed by atoms with Crippen molar-refractivity contribution < 1.29 is 15.0 Å². The first kappa shape index (κ1) is 8.67. The molecule has 0 atom stereocenters. The smallest absolute Gasteiger partial charge is 0.161 e. The van der Waals surface area contributed by atoms with Gasteiger partial charge in [-0.3, -0.25) is 9.78 Å². The van der Waals surface area contributed by atoms with Gasteiger partial charge in [-0.25, -0.2) is 0 Å². The molecule has 0 aromatic carbocycles. The van der Waals surface area contributed by atoms with Crippen molar-refractivity contribution >= 4 is 5.78 Å². The Balaban J connectivity index is 3.10. The largest absolute Gasteiger partial charge is 0.506 e. The van der Waals surface area contributed by atoms with Crippen molar-refractivity contribution in [1.29, 1.82) is 0 Å². The van der Waals surface area contributed by atoms with E-state index in [9.17, 15) is 4.79 Å². The van der Waals surface area contributed by atoms with Crippen LogP contribution in [0.25, 0.3) is 0 Å². The zero-order valence-corrected chi connectivity index (χ0v) is 6.61. The van der Waals surface area contributed by atoms with Gasteiger partial charge < -0.3 is 10.2 Å². The highest BCUT2D eigenvalue weighted by Gasteiger charge is 2.05. The Morgan fingerprint density at radius 1 is 1.67 bits per heavy atom. The maximum Gasteiger partial charge on any atom is 0.161 e. The SMILES string of the molecule is CC(=O)c1cnc(CO)c(O)c1. The molecule has 0 bridgehead atoms. The Kier molecular flexibility index (Phi) is 2.40. The molecule has 1 rings (SSSR count). The van der Waals surface area contributed by atoms with Gasteiger partial charge in [0.25, 0.3) is 0 Å². The highest BCUT2D eigenvalue weighted by Crippen LogP contribution is 2.15. The van der Waals surface area contributed by atoms with Gasteiger partial charge in [0.15, 0.2) is 5.78 Å². The van der Waals surface area contributed by atoms with Crippen LogP contribution in [0.3, 0.4) is 0 Å². The average molecular weight is 167 g/mol. The molecule has 0 spiro atoms. The molecule has 0 saturated carbocycles. The van der Waals surface area contributed by atoms with Crippen LogP contribution in [0.5, 0.6) is 5.75 Å². The van der Waals surface area contributed by atoms with E-state index < -0.39 is 0 Å². The summed E-state index contributed by atoms with van der Waals surface area (Å²) < 4.78 is 0. The van der Waals surface area contributed by atoms with E-state index >= 15 is 0 Å². The number of hydrogen-bond donors (Lipinski definition) is 2. The Labute approximate surface area is 69.5 Å². The summed E-state index contributed by atoms with van der Waals surface area (Å²) in [6.45, 7) is 1.05. The van der Waals surface area contributed by atoms with Crippen LogP contribution >= 0.6 is 0 Å². The number of aromatic hydroxyl groups is 1. The number of carbonyl (C=O) groups excluding carboxylic acids is 1. The third kappa shape index (κ3) is 1.60. The maximum atomic E-state index is 10.8. The number of pyridine rings is 1. The topological polar surface area (TPSA) is 70.4 Å². The van der Waals surface area contributed by atoms with Gasteiger partial charge in [-0.1, -0.05) is 0 Å². The van der Waals surface area contributed by atoms with Crippen LogP contribution in [0.15, 0.2) is 12.3 Å². The second kappa shape index (κ2) is 3.32. The van der Waals surface area contributed by atoms with Crippen molar-refractivity contribution in [2.75, 3.05) is 0 Å². The van der Waals surface area contributed by atoms with Crippen LogP contribution in [0.1, 0.15) is 23.0 Å². The predicted octanol–water partition coefficient (Wildman–Crippen LogP) is 0.482. The fourth-order valence-electron chi connectivity index (χ4n) is 0.796. The Bertz CT molecular complexity index is 309. The number of aliphatic hydroxyl groups excluding tert-OH is 1. The molecule has 4 heteroatoms. The van der Waals surface area contributed by atoms with Crippen molar-refractivity contribution in [3.63, 3.8) is 0 Å². The fraction of sp³-hybridized carbons (Fsp3) is 0.250. The van der Waals surface area contributed by atoms with Gasteiger partial charge in [-0.15, -0.1) is 0 Å². The molecule has 0 unspecified atom stereocenters. The molecule has 0 radical (unpaired) electrons. The van der Waals surface area contributed by atoms with Gasteiger partial charge in [-0.05, 0) is 13.0 Å². The summed E-state index contributed by atoms with van der Waals surface area (Å²) in [7, 11) is 0. The van der Waals surface area contributed by atoms with Crippen molar-refractivity contribution in [3.8, 4) is 5.75 Å². The number of Topliss-reactive ketones (excluding diaryl/α,β-unsaturated/α-hetero) is 1. The first-order valence-corrected chi connectivity index (χ1v) is 3.45. The van der Waals surface area contributed by atoms with Gasteiger partial charge >= 0.3 is 0 Å². The molecule has 12 heavy (non-hydrogen) atoms. The standard InChI is InChI=1S/C8H9NO3/c1-5(11)6-2-8(12)7(4-10)9-3-6/h2-3,10,12H,4H2,1H3. The quantitative estimate of drug-likeness (QED) is 0.628. The lowest BCUT2D eigenvalue weighted by molar-refractivity contribution is 0.101. The molecular weight excluding hydrogens is 158 g/mol. The second-order valence-electron chi connectivity index (χ2n) is 2.40. The highest BCUT2D eigenvalue weighted by molar-refractivity contribution is 5.94. The van der Waals surface area contributed by atoms with Gasteiger partial charge in [0.2, 0.25) is 0 Å². The molecule has 2 N–H and O–H groups in total. The summed E-state index contributed by atoms with van der Waals surface area (Å²) >= 11 is 0. The van der Waals surface area contributed by atoms with Crippen molar-refractivity contribution in [2.24, 2.45) is 0 Å². The molecule has 64 valence electrons. The highest BCUT2D eigenvalue weighted by atomic mass is 16.3. The van der Waals surface area contributed by atoms with E-state index in [4.69, 9.17) is 10.2 Å². The summed E-state index contributed by atoms with van der Waals surface area (Å²) in [6, 6.07) is 1.29. The molecule has 0 fully saturated rings. The van der Waals surface area contributed by atoms with Crippen LogP contribution in [-0.2, 0) is 6.61 Å². The summed E-state index contributed by atoms with van der Waals surface area (Å²) in [6.07, 6.45) is 1.33. The third-order valence-corrected chi connectivity index (χ3v) is 1.50. The maximum absolute atomic E-state index is 10.8. The summed E-state index contributed by atoms with van der Waals surface area (Å²) in [5.41, 5.74) is 0.518. The lowest BCUT2D eigenvalue weighted by Crippen LogP contribution is -1.96. The molecule has 1 heterocycles. The lowest BCUT2D eigenvalue weighted by Gasteiger charge is -2.00. The average Bonchev–Trinajstić information content (AvgIpc) is 2.04. The number of rotatable bonds is 2. The fourth-order valence-corrected chi connectivity index (χ4v) is 0.796.